The molecule has 2 N–H and O–H groups in total. The van der Waals surface area contributed by atoms with Crippen LogP contribution in [-0.4, -0.2) is 48.0 Å². The van der Waals surface area contributed by atoms with Gasteiger partial charge in [0.25, 0.3) is 0 Å². The molecule has 0 bridgehead atoms. The molecule has 2 aromatic rings. The number of nitrogens with zero attached hydrogens (tertiary/aromatic N) is 1. The van der Waals surface area contributed by atoms with E-state index >= 15 is 0 Å². The number of rotatable bonds is 6. The van der Waals surface area contributed by atoms with Crippen LogP contribution in [-0.2, 0) is 14.8 Å². The maximum Gasteiger partial charge on any atom is 0.335 e. The van der Waals surface area contributed by atoms with Crippen molar-refractivity contribution in [2.24, 2.45) is 5.92 Å². The summed E-state index contributed by atoms with van der Waals surface area (Å²) in [6, 6.07) is 14.1. The number of hydrogen-bond donors (Lipinski definition) is 2. The van der Waals surface area contributed by atoms with Crippen molar-refractivity contribution >= 4 is 22.0 Å². The molecule has 8 heteroatoms. The molecule has 1 heterocycles. The van der Waals surface area contributed by atoms with Gasteiger partial charge >= 0.3 is 11.9 Å². The normalized spacial score (nSPS) is 17.1. The van der Waals surface area contributed by atoms with Gasteiger partial charge in [-0.15, -0.1) is 0 Å². The molecule has 0 aliphatic carbocycles. The Labute approximate surface area is 163 Å². The van der Waals surface area contributed by atoms with Crippen molar-refractivity contribution in [3.8, 4) is 0 Å². The first-order valence-electron chi connectivity index (χ1n) is 8.92. The van der Waals surface area contributed by atoms with Gasteiger partial charge in [-0.1, -0.05) is 30.3 Å². The van der Waals surface area contributed by atoms with Crippen LogP contribution in [0.15, 0.2) is 59.5 Å². The Kier molecular flexibility index (Phi) is 5.81. The van der Waals surface area contributed by atoms with E-state index in [9.17, 15) is 23.1 Å². The van der Waals surface area contributed by atoms with Gasteiger partial charge in [-0.2, -0.15) is 4.31 Å². The quantitative estimate of drug-likeness (QED) is 0.767. The smallest absolute Gasteiger partial charge is 0.335 e. The molecule has 0 saturated carbocycles. The molecular formula is C20H21NO6S. The number of sulfonamides is 1. The summed E-state index contributed by atoms with van der Waals surface area (Å²) in [5.74, 6) is -2.84. The molecule has 0 aromatic heterocycles. The molecule has 1 unspecified atom stereocenters. The molecule has 0 radical (unpaired) electrons. The molecule has 7 nitrogen and oxygen atoms in total. The molecule has 1 fully saturated rings. The van der Waals surface area contributed by atoms with Crippen LogP contribution in [0.2, 0.25) is 0 Å². The maximum absolute atomic E-state index is 12.8. The van der Waals surface area contributed by atoms with Crippen LogP contribution in [0.1, 0.15) is 34.7 Å². The first-order valence-corrected chi connectivity index (χ1v) is 10.4. The zero-order valence-corrected chi connectivity index (χ0v) is 15.9. The molecule has 0 amide bonds. The van der Waals surface area contributed by atoms with E-state index in [0.29, 0.717) is 12.8 Å². The van der Waals surface area contributed by atoms with Gasteiger partial charge in [0.05, 0.1) is 16.4 Å². The van der Waals surface area contributed by atoms with Crippen LogP contribution in [0, 0.1) is 5.92 Å². The Morgan fingerprint density at radius 2 is 1.50 bits per heavy atom. The second-order valence-electron chi connectivity index (χ2n) is 6.80. The van der Waals surface area contributed by atoms with Crippen molar-refractivity contribution in [3.05, 3.63) is 65.7 Å². The van der Waals surface area contributed by atoms with E-state index < -0.39 is 27.9 Å². The molecule has 28 heavy (non-hydrogen) atoms. The van der Waals surface area contributed by atoms with E-state index in [1.165, 1.54) is 28.6 Å². The van der Waals surface area contributed by atoms with Gasteiger partial charge in [-0.3, -0.25) is 4.79 Å². The number of carboxylic acid groups (broad SMARTS) is 2. The fourth-order valence-corrected chi connectivity index (χ4v) is 5.11. The minimum absolute atomic E-state index is 0.0184. The van der Waals surface area contributed by atoms with Crippen LogP contribution >= 0.6 is 0 Å². The highest BCUT2D eigenvalue weighted by molar-refractivity contribution is 7.89. The van der Waals surface area contributed by atoms with Gasteiger partial charge in [0, 0.05) is 13.1 Å². The number of benzene rings is 2. The molecule has 0 spiro atoms. The average Bonchev–Trinajstić information content (AvgIpc) is 2.69. The van der Waals surface area contributed by atoms with Crippen molar-refractivity contribution in [2.75, 3.05) is 13.1 Å². The summed E-state index contributed by atoms with van der Waals surface area (Å²) in [6.45, 7) is 0.453. The Hall–Kier alpha value is -2.71. The summed E-state index contributed by atoms with van der Waals surface area (Å²) in [4.78, 5) is 22.8. The molecule has 1 aliphatic rings. The lowest BCUT2D eigenvalue weighted by Gasteiger charge is -2.34. The highest BCUT2D eigenvalue weighted by Gasteiger charge is 2.36. The third-order valence-electron chi connectivity index (χ3n) is 5.13. The molecular weight excluding hydrogens is 382 g/mol. The van der Waals surface area contributed by atoms with Gasteiger partial charge in [0.15, 0.2) is 0 Å². The number of aromatic carboxylic acids is 1. The number of carboxylic acids is 2. The average molecular weight is 403 g/mol. The van der Waals surface area contributed by atoms with Crippen LogP contribution in [0.4, 0.5) is 0 Å². The summed E-state index contributed by atoms with van der Waals surface area (Å²) in [6.07, 6.45) is 0.886. The molecule has 1 aliphatic heterocycles. The predicted octanol–water partition coefficient (Wildman–Crippen LogP) is 2.65. The van der Waals surface area contributed by atoms with Crippen molar-refractivity contribution in [3.63, 3.8) is 0 Å². The first kappa shape index (κ1) is 20.0. The lowest BCUT2D eigenvalue weighted by Crippen LogP contribution is -2.40. The summed E-state index contributed by atoms with van der Waals surface area (Å²) in [7, 11) is -3.75. The topological polar surface area (TPSA) is 112 Å². The van der Waals surface area contributed by atoms with Gasteiger partial charge in [0.1, 0.15) is 0 Å². The van der Waals surface area contributed by atoms with Crippen LogP contribution in [0.5, 0.6) is 0 Å². The Morgan fingerprint density at radius 3 is 2.00 bits per heavy atom. The van der Waals surface area contributed by atoms with Crippen LogP contribution in [0.3, 0.4) is 0 Å². The van der Waals surface area contributed by atoms with E-state index in [4.69, 9.17) is 5.11 Å². The highest BCUT2D eigenvalue weighted by Crippen LogP contribution is 2.34. The Balaban J connectivity index is 1.73. The van der Waals surface area contributed by atoms with Gasteiger partial charge in [0.2, 0.25) is 10.0 Å². The van der Waals surface area contributed by atoms with E-state index in [1.54, 1.807) is 24.3 Å². The molecule has 1 saturated heterocycles. The van der Waals surface area contributed by atoms with Crippen molar-refractivity contribution in [1.82, 2.24) is 4.31 Å². The highest BCUT2D eigenvalue weighted by atomic mass is 32.2. The van der Waals surface area contributed by atoms with Crippen LogP contribution < -0.4 is 0 Å². The first-order chi connectivity index (χ1) is 13.3. The van der Waals surface area contributed by atoms with E-state index in [2.05, 4.69) is 0 Å². The van der Waals surface area contributed by atoms with Crippen molar-refractivity contribution in [2.45, 2.75) is 23.7 Å². The number of aliphatic carboxylic acids is 1. The van der Waals surface area contributed by atoms with E-state index in [0.717, 1.165) is 5.56 Å². The van der Waals surface area contributed by atoms with Gasteiger partial charge < -0.3 is 10.2 Å². The second-order valence-corrected chi connectivity index (χ2v) is 8.74. The number of piperidine rings is 1. The van der Waals surface area contributed by atoms with Gasteiger partial charge in [-0.25, -0.2) is 13.2 Å². The fourth-order valence-electron chi connectivity index (χ4n) is 3.64. The SMILES string of the molecule is O=C(O)c1ccc(S(=O)(=O)N2CCC(C(C(=O)O)c3ccccc3)CC2)cc1. The van der Waals surface area contributed by atoms with Crippen LogP contribution in [0.25, 0.3) is 0 Å². The maximum atomic E-state index is 12.8. The summed E-state index contributed by atoms with van der Waals surface area (Å²) in [5.41, 5.74) is 0.741. The molecule has 148 valence electrons. The standard InChI is InChI=1S/C20H21NO6S/c22-19(23)16-6-8-17(9-7-16)28(26,27)21-12-10-15(11-13-21)18(20(24)25)14-4-2-1-3-5-14/h1-9,15,18H,10-13H2,(H,22,23)(H,24,25). The number of carbonyl (C=O) groups is 2. The third kappa shape index (κ3) is 4.07. The predicted molar refractivity (Wildman–Crippen MR) is 102 cm³/mol. The lowest BCUT2D eigenvalue weighted by molar-refractivity contribution is -0.140. The second kappa shape index (κ2) is 8.12. The van der Waals surface area contributed by atoms with Crippen molar-refractivity contribution < 1.29 is 28.2 Å². The molecule has 2 aromatic carbocycles. The molecule has 3 rings (SSSR count). The Bertz CT molecular complexity index is 948. The van der Waals surface area contributed by atoms with E-state index in [-0.39, 0.29) is 29.5 Å². The zero-order valence-electron chi connectivity index (χ0n) is 15.1. The van der Waals surface area contributed by atoms with Gasteiger partial charge in [-0.05, 0) is 48.6 Å². The summed E-state index contributed by atoms with van der Waals surface area (Å²) < 4.78 is 27.0. The third-order valence-corrected chi connectivity index (χ3v) is 7.05. The Morgan fingerprint density at radius 1 is 0.929 bits per heavy atom. The van der Waals surface area contributed by atoms with Crippen molar-refractivity contribution in [1.29, 1.82) is 0 Å². The van der Waals surface area contributed by atoms with E-state index in [1.807, 2.05) is 6.07 Å². The zero-order chi connectivity index (χ0) is 20.3. The lowest BCUT2D eigenvalue weighted by atomic mass is 9.80. The molecule has 1 atom stereocenters. The largest absolute Gasteiger partial charge is 0.481 e. The minimum atomic E-state index is -3.75. The number of hydrogen-bond acceptors (Lipinski definition) is 4. The summed E-state index contributed by atoms with van der Waals surface area (Å²) >= 11 is 0. The minimum Gasteiger partial charge on any atom is -0.481 e. The summed E-state index contributed by atoms with van der Waals surface area (Å²) in [5, 5.41) is 18.6. The monoisotopic (exact) mass is 403 g/mol. The fraction of sp³-hybridized carbons (Fsp3) is 0.300.